The number of amides is 1. The zero-order valence-corrected chi connectivity index (χ0v) is 18.3. The Morgan fingerprint density at radius 1 is 1.03 bits per heavy atom. The Bertz CT molecular complexity index is 918. The molecule has 0 bridgehead atoms. The number of nitrogens with zero attached hydrogens (tertiary/aromatic N) is 4. The van der Waals surface area contributed by atoms with Crippen molar-refractivity contribution in [2.75, 3.05) is 43.0 Å². The highest BCUT2D eigenvalue weighted by Crippen LogP contribution is 2.31. The van der Waals surface area contributed by atoms with Crippen molar-refractivity contribution in [1.29, 1.82) is 0 Å². The van der Waals surface area contributed by atoms with E-state index in [0.29, 0.717) is 38.3 Å². The molecule has 0 unspecified atom stereocenters. The number of pyridine rings is 1. The second-order valence-corrected chi connectivity index (χ2v) is 8.68. The quantitative estimate of drug-likeness (QED) is 0.674. The van der Waals surface area contributed by atoms with Crippen molar-refractivity contribution in [2.45, 2.75) is 38.4 Å². The molecule has 0 N–H and O–H groups in total. The third kappa shape index (κ3) is 5.00. The minimum atomic E-state index is -4.39. The molecule has 4 rings (SSSR count). The summed E-state index contributed by atoms with van der Waals surface area (Å²) in [4.78, 5) is 23.2. The number of alkyl halides is 3. The number of rotatable bonds is 5. The summed E-state index contributed by atoms with van der Waals surface area (Å²) < 4.78 is 38.2. The van der Waals surface area contributed by atoms with Crippen molar-refractivity contribution >= 4 is 17.4 Å². The van der Waals surface area contributed by atoms with Crippen LogP contribution in [0, 0.1) is 5.92 Å². The lowest BCUT2D eigenvalue weighted by Crippen LogP contribution is -2.41. The van der Waals surface area contributed by atoms with Gasteiger partial charge in [0.1, 0.15) is 5.82 Å². The zero-order chi connectivity index (χ0) is 22.7. The maximum atomic E-state index is 13.1. The standard InChI is InChI=1S/C24H29F3N4O/c1-29(17-19-6-2-3-7-21(19)30-12-4-5-13-30)23(32)18-10-14-31(15-11-18)22-9-8-20(16-28-22)24(25,26)27/h2-3,6-9,16,18H,4-5,10-15,17H2,1H3. The van der Waals surface area contributed by atoms with E-state index in [0.717, 1.165) is 30.9 Å². The number of carbonyl (C=O) groups excluding carboxylic acids is 1. The number of hydrogen-bond donors (Lipinski definition) is 0. The molecule has 172 valence electrons. The largest absolute Gasteiger partial charge is 0.417 e. The van der Waals surface area contributed by atoms with E-state index < -0.39 is 11.7 Å². The van der Waals surface area contributed by atoms with E-state index in [4.69, 9.17) is 0 Å². The molecule has 5 nitrogen and oxygen atoms in total. The zero-order valence-electron chi connectivity index (χ0n) is 18.3. The average molecular weight is 447 g/mol. The van der Waals surface area contributed by atoms with Gasteiger partial charge >= 0.3 is 6.18 Å². The van der Waals surface area contributed by atoms with Crippen molar-refractivity contribution in [1.82, 2.24) is 9.88 Å². The summed E-state index contributed by atoms with van der Waals surface area (Å²) in [5.41, 5.74) is 1.63. The molecule has 8 heteroatoms. The van der Waals surface area contributed by atoms with Gasteiger partial charge in [0.15, 0.2) is 0 Å². The minimum Gasteiger partial charge on any atom is -0.371 e. The number of benzene rings is 1. The van der Waals surface area contributed by atoms with Crippen molar-refractivity contribution in [3.63, 3.8) is 0 Å². The first-order chi connectivity index (χ1) is 15.3. The number of anilines is 2. The monoisotopic (exact) mass is 446 g/mol. The summed E-state index contributed by atoms with van der Waals surface area (Å²) >= 11 is 0. The van der Waals surface area contributed by atoms with Crippen LogP contribution in [-0.2, 0) is 17.5 Å². The van der Waals surface area contributed by atoms with Gasteiger partial charge < -0.3 is 14.7 Å². The lowest BCUT2D eigenvalue weighted by Gasteiger charge is -2.34. The molecule has 1 aromatic carbocycles. The fraction of sp³-hybridized carbons (Fsp3) is 0.500. The van der Waals surface area contributed by atoms with Gasteiger partial charge in [-0.1, -0.05) is 18.2 Å². The van der Waals surface area contributed by atoms with Crippen LogP contribution in [0.5, 0.6) is 0 Å². The number of halogens is 3. The van der Waals surface area contributed by atoms with Crippen molar-refractivity contribution < 1.29 is 18.0 Å². The molecule has 0 saturated carbocycles. The van der Waals surface area contributed by atoms with Gasteiger partial charge in [-0.15, -0.1) is 0 Å². The van der Waals surface area contributed by atoms with E-state index in [9.17, 15) is 18.0 Å². The van der Waals surface area contributed by atoms with E-state index in [1.54, 1.807) is 0 Å². The Balaban J connectivity index is 1.33. The van der Waals surface area contributed by atoms with Gasteiger partial charge in [-0.2, -0.15) is 13.2 Å². The molecule has 2 saturated heterocycles. The molecule has 32 heavy (non-hydrogen) atoms. The van der Waals surface area contributed by atoms with E-state index >= 15 is 0 Å². The smallest absolute Gasteiger partial charge is 0.371 e. The molecule has 0 atom stereocenters. The summed E-state index contributed by atoms with van der Waals surface area (Å²) in [7, 11) is 1.85. The van der Waals surface area contributed by atoms with Gasteiger partial charge in [0.2, 0.25) is 5.91 Å². The fourth-order valence-corrected chi connectivity index (χ4v) is 4.65. The molecular formula is C24H29F3N4O. The van der Waals surface area contributed by atoms with Crippen molar-refractivity contribution in [3.05, 3.63) is 53.7 Å². The summed E-state index contributed by atoms with van der Waals surface area (Å²) in [5.74, 6) is 0.572. The van der Waals surface area contributed by atoms with E-state index in [-0.39, 0.29) is 11.8 Å². The molecule has 2 fully saturated rings. The number of hydrogen-bond acceptors (Lipinski definition) is 4. The summed E-state index contributed by atoms with van der Waals surface area (Å²) in [6.07, 6.45) is 0.228. The van der Waals surface area contributed by atoms with Crippen LogP contribution < -0.4 is 9.80 Å². The Hall–Kier alpha value is -2.77. The molecule has 3 heterocycles. The summed E-state index contributed by atoms with van der Waals surface area (Å²) in [6.45, 7) is 3.91. The van der Waals surface area contributed by atoms with E-state index in [1.165, 1.54) is 24.6 Å². The molecule has 0 aliphatic carbocycles. The Morgan fingerprint density at radius 2 is 1.72 bits per heavy atom. The van der Waals surface area contributed by atoms with E-state index in [2.05, 4.69) is 22.0 Å². The third-order valence-corrected chi connectivity index (χ3v) is 6.47. The molecule has 1 aromatic heterocycles. The van der Waals surface area contributed by atoms with Crippen LogP contribution >= 0.6 is 0 Å². The SMILES string of the molecule is CN(Cc1ccccc1N1CCCC1)C(=O)C1CCN(c2ccc(C(F)(F)F)cn2)CC1. The van der Waals surface area contributed by atoms with Crippen LogP contribution in [0.1, 0.15) is 36.8 Å². The van der Waals surface area contributed by atoms with Gasteiger partial charge in [-0.25, -0.2) is 4.98 Å². The molecule has 1 amide bonds. The molecular weight excluding hydrogens is 417 g/mol. The first kappa shape index (κ1) is 22.4. The maximum absolute atomic E-state index is 13.1. The predicted octanol–water partition coefficient (Wildman–Crippen LogP) is 4.58. The first-order valence-corrected chi connectivity index (χ1v) is 11.2. The second kappa shape index (κ2) is 9.38. The van der Waals surface area contributed by atoms with Gasteiger partial charge in [0.25, 0.3) is 0 Å². The maximum Gasteiger partial charge on any atom is 0.417 e. The van der Waals surface area contributed by atoms with Crippen LogP contribution in [0.2, 0.25) is 0 Å². The number of piperidine rings is 1. The second-order valence-electron chi connectivity index (χ2n) is 8.68. The lowest BCUT2D eigenvalue weighted by atomic mass is 9.95. The van der Waals surface area contributed by atoms with Crippen molar-refractivity contribution in [2.24, 2.45) is 5.92 Å². The Morgan fingerprint density at radius 3 is 2.34 bits per heavy atom. The Kier molecular flexibility index (Phi) is 6.58. The van der Waals surface area contributed by atoms with E-state index in [1.807, 2.05) is 29.0 Å². The number of para-hydroxylation sites is 1. The fourth-order valence-electron chi connectivity index (χ4n) is 4.65. The van der Waals surface area contributed by atoms with Crippen LogP contribution in [0.25, 0.3) is 0 Å². The van der Waals surface area contributed by atoms with Crippen molar-refractivity contribution in [3.8, 4) is 0 Å². The number of carbonyl (C=O) groups is 1. The topological polar surface area (TPSA) is 39.7 Å². The van der Waals surface area contributed by atoms with Gasteiger partial charge in [-0.05, 0) is 49.4 Å². The molecule has 2 aliphatic heterocycles. The van der Waals surface area contributed by atoms with Crippen LogP contribution in [0.3, 0.4) is 0 Å². The van der Waals surface area contributed by atoms with Crippen LogP contribution in [0.4, 0.5) is 24.7 Å². The number of aromatic nitrogens is 1. The van der Waals surface area contributed by atoms with Crippen LogP contribution in [0.15, 0.2) is 42.6 Å². The molecule has 0 radical (unpaired) electrons. The summed E-state index contributed by atoms with van der Waals surface area (Å²) in [6, 6.07) is 10.8. The van der Waals surface area contributed by atoms with Gasteiger partial charge in [-0.3, -0.25) is 4.79 Å². The van der Waals surface area contributed by atoms with Gasteiger partial charge in [0.05, 0.1) is 5.56 Å². The molecule has 0 spiro atoms. The normalized spacial score (nSPS) is 17.6. The minimum absolute atomic E-state index is 0.0790. The highest BCUT2D eigenvalue weighted by atomic mass is 19.4. The van der Waals surface area contributed by atoms with Crippen LogP contribution in [-0.4, -0.2) is 49.0 Å². The predicted molar refractivity (Wildman–Crippen MR) is 119 cm³/mol. The molecule has 2 aliphatic rings. The average Bonchev–Trinajstić information content (AvgIpc) is 3.33. The lowest BCUT2D eigenvalue weighted by molar-refractivity contribution is -0.138. The highest BCUT2D eigenvalue weighted by Gasteiger charge is 2.32. The third-order valence-electron chi connectivity index (χ3n) is 6.47. The first-order valence-electron chi connectivity index (χ1n) is 11.2. The van der Waals surface area contributed by atoms with Gasteiger partial charge in [0, 0.05) is 57.6 Å². The molecule has 2 aromatic rings. The highest BCUT2D eigenvalue weighted by molar-refractivity contribution is 5.79. The Labute approximate surface area is 186 Å². The summed E-state index contributed by atoms with van der Waals surface area (Å²) in [5, 5.41) is 0.